The Kier molecular flexibility index (Phi) is 4.31. The van der Waals surface area contributed by atoms with Crippen LogP contribution in [0.25, 0.3) is 0 Å². The first-order valence-corrected chi connectivity index (χ1v) is 6.59. The number of hydrogen-bond acceptors (Lipinski definition) is 5. The maximum absolute atomic E-state index is 7.39. The summed E-state index contributed by atoms with van der Waals surface area (Å²) in [4.78, 5) is 10.7. The molecule has 0 saturated carbocycles. The molecule has 2 heterocycles. The first kappa shape index (κ1) is 13.7. The number of hydrogen-bond donors (Lipinski definition) is 2. The van der Waals surface area contributed by atoms with Gasteiger partial charge in [0.25, 0.3) is 0 Å². The molecule has 3 N–H and O–H groups in total. The molecule has 1 saturated heterocycles. The lowest BCUT2D eigenvalue weighted by atomic mass is 10.1. The molecule has 1 aliphatic rings. The quantitative estimate of drug-likeness (QED) is 0.609. The van der Waals surface area contributed by atoms with Crippen LogP contribution >= 0.6 is 0 Å². The van der Waals surface area contributed by atoms with Crippen molar-refractivity contribution < 1.29 is 4.74 Å². The van der Waals surface area contributed by atoms with Gasteiger partial charge in [0.05, 0.1) is 6.61 Å². The highest BCUT2D eigenvalue weighted by Crippen LogP contribution is 2.18. The van der Waals surface area contributed by atoms with E-state index in [1.165, 1.54) is 19.4 Å². The van der Waals surface area contributed by atoms with Crippen molar-refractivity contribution in [2.75, 3.05) is 20.2 Å². The number of aryl methyl sites for hydroxylation is 1. The molecule has 0 spiro atoms. The summed E-state index contributed by atoms with van der Waals surface area (Å²) in [6.07, 6.45) is 3.47. The van der Waals surface area contributed by atoms with Crippen LogP contribution in [0.15, 0.2) is 6.07 Å². The first-order chi connectivity index (χ1) is 9.06. The average molecular weight is 263 g/mol. The van der Waals surface area contributed by atoms with Crippen LogP contribution < -0.4 is 10.5 Å². The van der Waals surface area contributed by atoms with Crippen molar-refractivity contribution in [1.82, 2.24) is 14.9 Å². The molecule has 0 aliphatic carbocycles. The van der Waals surface area contributed by atoms with Gasteiger partial charge in [0, 0.05) is 11.7 Å². The molecule has 1 unspecified atom stereocenters. The van der Waals surface area contributed by atoms with Crippen molar-refractivity contribution in [3.8, 4) is 6.01 Å². The standard InChI is InChI=1S/C13H21N5O/c1-9-8-11(12(14)15)17-13(16-9)19-7-5-10-4-3-6-18(10)2/h8,10H,3-7H2,1-2H3,(H3,14,15). The molecular formula is C13H21N5O. The Balaban J connectivity index is 1.90. The Morgan fingerprint density at radius 1 is 1.58 bits per heavy atom. The zero-order chi connectivity index (χ0) is 13.8. The zero-order valence-electron chi connectivity index (χ0n) is 11.5. The van der Waals surface area contributed by atoms with Gasteiger partial charge in [0.15, 0.2) is 0 Å². The van der Waals surface area contributed by atoms with E-state index in [0.29, 0.717) is 24.4 Å². The maximum atomic E-state index is 7.39. The van der Waals surface area contributed by atoms with E-state index in [4.69, 9.17) is 15.9 Å². The van der Waals surface area contributed by atoms with Crippen LogP contribution in [0.4, 0.5) is 0 Å². The summed E-state index contributed by atoms with van der Waals surface area (Å²) in [5, 5.41) is 7.39. The summed E-state index contributed by atoms with van der Waals surface area (Å²) < 4.78 is 5.59. The average Bonchev–Trinajstić information content (AvgIpc) is 2.74. The number of nitrogen functional groups attached to an aromatic ring is 1. The van der Waals surface area contributed by atoms with Crippen molar-refractivity contribution in [2.24, 2.45) is 5.73 Å². The molecule has 1 aromatic heterocycles. The van der Waals surface area contributed by atoms with Crippen molar-refractivity contribution in [1.29, 1.82) is 5.41 Å². The second-order valence-electron chi connectivity index (χ2n) is 5.00. The van der Waals surface area contributed by atoms with E-state index >= 15 is 0 Å². The molecule has 1 atom stereocenters. The highest BCUT2D eigenvalue weighted by Gasteiger charge is 2.20. The largest absolute Gasteiger partial charge is 0.463 e. The lowest BCUT2D eigenvalue weighted by molar-refractivity contribution is 0.223. The lowest BCUT2D eigenvalue weighted by Crippen LogP contribution is -2.26. The van der Waals surface area contributed by atoms with Gasteiger partial charge in [0.2, 0.25) is 0 Å². The molecule has 6 nitrogen and oxygen atoms in total. The molecule has 19 heavy (non-hydrogen) atoms. The van der Waals surface area contributed by atoms with E-state index in [-0.39, 0.29) is 5.84 Å². The minimum absolute atomic E-state index is 0.0640. The molecule has 1 aromatic rings. The van der Waals surface area contributed by atoms with Crippen LogP contribution in [0, 0.1) is 12.3 Å². The molecule has 1 fully saturated rings. The number of likely N-dealkylation sites (tertiary alicyclic amines) is 1. The summed E-state index contributed by atoms with van der Waals surface area (Å²) in [6.45, 7) is 3.60. The molecule has 0 amide bonds. The van der Waals surface area contributed by atoms with Crippen LogP contribution in [-0.4, -0.2) is 46.9 Å². The number of rotatable bonds is 5. The maximum Gasteiger partial charge on any atom is 0.317 e. The summed E-state index contributed by atoms with van der Waals surface area (Å²) in [6, 6.07) is 2.59. The van der Waals surface area contributed by atoms with Crippen molar-refractivity contribution >= 4 is 5.84 Å². The predicted molar refractivity (Wildman–Crippen MR) is 73.5 cm³/mol. The lowest BCUT2D eigenvalue weighted by Gasteiger charge is -2.18. The second kappa shape index (κ2) is 5.97. The summed E-state index contributed by atoms with van der Waals surface area (Å²) >= 11 is 0. The van der Waals surface area contributed by atoms with E-state index < -0.39 is 0 Å². The number of aromatic nitrogens is 2. The Morgan fingerprint density at radius 3 is 3.00 bits per heavy atom. The SMILES string of the molecule is Cc1cc(C(=N)N)nc(OCCC2CCCN2C)n1. The Hall–Kier alpha value is -1.69. The van der Waals surface area contributed by atoms with Gasteiger partial charge in [0.1, 0.15) is 11.5 Å². The summed E-state index contributed by atoms with van der Waals surface area (Å²) in [5.74, 6) is -0.0640. The fraction of sp³-hybridized carbons (Fsp3) is 0.615. The van der Waals surface area contributed by atoms with Crippen molar-refractivity contribution in [3.05, 3.63) is 17.5 Å². The van der Waals surface area contributed by atoms with Crippen LogP contribution in [0.1, 0.15) is 30.7 Å². The van der Waals surface area contributed by atoms with Gasteiger partial charge in [-0.05, 0) is 45.8 Å². The Morgan fingerprint density at radius 2 is 2.37 bits per heavy atom. The molecule has 2 rings (SSSR count). The number of nitrogens with zero attached hydrogens (tertiary/aromatic N) is 3. The molecule has 0 radical (unpaired) electrons. The van der Waals surface area contributed by atoms with E-state index in [2.05, 4.69) is 21.9 Å². The van der Waals surface area contributed by atoms with Gasteiger partial charge in [-0.3, -0.25) is 5.41 Å². The zero-order valence-corrected chi connectivity index (χ0v) is 11.5. The Labute approximate surface area is 113 Å². The summed E-state index contributed by atoms with van der Waals surface area (Å²) in [7, 11) is 2.15. The third-order valence-electron chi connectivity index (χ3n) is 3.46. The van der Waals surface area contributed by atoms with E-state index in [9.17, 15) is 0 Å². The first-order valence-electron chi connectivity index (χ1n) is 6.59. The highest BCUT2D eigenvalue weighted by atomic mass is 16.5. The number of nitrogens with two attached hydrogens (primary N) is 1. The molecule has 0 bridgehead atoms. The van der Waals surface area contributed by atoms with Gasteiger partial charge < -0.3 is 15.4 Å². The summed E-state index contributed by atoms with van der Waals surface area (Å²) in [5.41, 5.74) is 6.60. The molecule has 0 aromatic carbocycles. The number of amidine groups is 1. The molecule has 104 valence electrons. The van der Waals surface area contributed by atoms with Crippen molar-refractivity contribution in [2.45, 2.75) is 32.2 Å². The molecule has 1 aliphatic heterocycles. The highest BCUT2D eigenvalue weighted by molar-refractivity contribution is 5.93. The number of ether oxygens (including phenoxy) is 1. The monoisotopic (exact) mass is 263 g/mol. The van der Waals surface area contributed by atoms with Gasteiger partial charge in [-0.2, -0.15) is 4.98 Å². The Bertz CT molecular complexity index is 462. The smallest absolute Gasteiger partial charge is 0.317 e. The third kappa shape index (κ3) is 3.64. The van der Waals surface area contributed by atoms with E-state index in [1.54, 1.807) is 6.07 Å². The van der Waals surface area contributed by atoms with Crippen molar-refractivity contribution in [3.63, 3.8) is 0 Å². The van der Waals surface area contributed by atoms with Crippen LogP contribution in [0.5, 0.6) is 6.01 Å². The van der Waals surface area contributed by atoms with Crippen LogP contribution in [0.3, 0.4) is 0 Å². The molecular weight excluding hydrogens is 242 g/mol. The number of nitrogens with one attached hydrogen (secondary N) is 1. The van der Waals surface area contributed by atoms with Crippen LogP contribution in [-0.2, 0) is 0 Å². The fourth-order valence-corrected chi connectivity index (χ4v) is 2.37. The van der Waals surface area contributed by atoms with Gasteiger partial charge in [-0.1, -0.05) is 0 Å². The predicted octanol–water partition coefficient (Wildman–Crippen LogP) is 0.932. The second-order valence-corrected chi connectivity index (χ2v) is 5.00. The van der Waals surface area contributed by atoms with Gasteiger partial charge in [-0.15, -0.1) is 0 Å². The van der Waals surface area contributed by atoms with Gasteiger partial charge >= 0.3 is 6.01 Å². The topological polar surface area (TPSA) is 88.1 Å². The van der Waals surface area contributed by atoms with E-state index in [0.717, 1.165) is 12.1 Å². The van der Waals surface area contributed by atoms with Crippen LogP contribution in [0.2, 0.25) is 0 Å². The fourth-order valence-electron chi connectivity index (χ4n) is 2.37. The van der Waals surface area contributed by atoms with Gasteiger partial charge in [-0.25, -0.2) is 4.98 Å². The minimum Gasteiger partial charge on any atom is -0.463 e. The molecule has 6 heteroatoms. The van der Waals surface area contributed by atoms with E-state index in [1.807, 2.05) is 6.92 Å². The minimum atomic E-state index is -0.0640. The third-order valence-corrected chi connectivity index (χ3v) is 3.46. The normalized spacial score (nSPS) is 19.6.